The summed E-state index contributed by atoms with van der Waals surface area (Å²) in [5.74, 6) is 0.761. The minimum Gasteiger partial charge on any atom is -0.457 e. The summed E-state index contributed by atoms with van der Waals surface area (Å²) < 4.78 is 38.0. The molecule has 13 heteroatoms. The zero-order valence-corrected chi connectivity index (χ0v) is 22.9. The smallest absolute Gasteiger partial charge is 0.243 e. The second kappa shape index (κ2) is 11.0. The zero-order valence-electron chi connectivity index (χ0n) is 22.9. The maximum Gasteiger partial charge on any atom is 0.243 e. The Morgan fingerprint density at radius 2 is 2.02 bits per heavy atom. The first kappa shape index (κ1) is 27.0. The van der Waals surface area contributed by atoms with Crippen LogP contribution >= 0.6 is 0 Å². The Morgan fingerprint density at radius 1 is 1.17 bits per heavy atom. The molecular formula is C29H27F2N9O2. The molecule has 1 aliphatic heterocycles. The van der Waals surface area contributed by atoms with Crippen molar-refractivity contribution >= 4 is 45.3 Å². The maximum absolute atomic E-state index is 15.6. The molecule has 1 amide bonds. The molecule has 3 aromatic heterocycles. The van der Waals surface area contributed by atoms with E-state index in [-0.39, 0.29) is 12.2 Å². The van der Waals surface area contributed by atoms with Crippen LogP contribution in [0.3, 0.4) is 0 Å². The summed E-state index contributed by atoms with van der Waals surface area (Å²) in [7, 11) is 1.80. The van der Waals surface area contributed by atoms with Crippen LogP contribution in [0.4, 0.5) is 26.1 Å². The van der Waals surface area contributed by atoms with Crippen LogP contribution in [0.25, 0.3) is 22.1 Å². The third-order valence-electron chi connectivity index (χ3n) is 7.25. The molecule has 2 N–H and O–H groups in total. The number of hydrogen-bond acceptors (Lipinski definition) is 9. The van der Waals surface area contributed by atoms with Gasteiger partial charge in [0.15, 0.2) is 11.6 Å². The Kier molecular flexibility index (Phi) is 7.07. The van der Waals surface area contributed by atoms with Crippen molar-refractivity contribution in [2.75, 3.05) is 23.3 Å². The summed E-state index contributed by atoms with van der Waals surface area (Å²) >= 11 is 0. The molecule has 0 saturated carbocycles. The van der Waals surface area contributed by atoms with E-state index in [1.54, 1.807) is 60.0 Å². The van der Waals surface area contributed by atoms with E-state index in [1.165, 1.54) is 6.33 Å². The number of hydrogen-bond donors (Lipinski definition) is 2. The molecule has 11 nitrogen and oxygen atoms in total. The lowest BCUT2D eigenvalue weighted by molar-refractivity contribution is -0.117. The first-order chi connectivity index (χ1) is 20.3. The normalized spacial score (nSPS) is 16.9. The van der Waals surface area contributed by atoms with Crippen molar-refractivity contribution in [3.05, 3.63) is 72.8 Å². The molecule has 6 rings (SSSR count). The Balaban J connectivity index is 1.22. The molecule has 4 heterocycles. The van der Waals surface area contributed by atoms with Gasteiger partial charge >= 0.3 is 0 Å². The van der Waals surface area contributed by atoms with E-state index in [0.717, 1.165) is 11.6 Å². The number of amides is 1. The Labute approximate surface area is 239 Å². The molecule has 2 aromatic carbocycles. The number of nitrogens with one attached hydrogen (secondary N) is 2. The molecule has 1 aliphatic rings. The quantitative estimate of drug-likeness (QED) is 0.272. The molecule has 2 atom stereocenters. The highest BCUT2D eigenvalue weighted by molar-refractivity contribution is 5.88. The lowest BCUT2D eigenvalue weighted by Crippen LogP contribution is -2.52. The molecule has 1 unspecified atom stereocenters. The highest BCUT2D eigenvalue weighted by Gasteiger charge is 2.30. The fourth-order valence-electron chi connectivity index (χ4n) is 4.93. The van der Waals surface area contributed by atoms with Gasteiger partial charge < -0.3 is 20.3 Å². The van der Waals surface area contributed by atoms with Crippen molar-refractivity contribution < 1.29 is 18.3 Å². The number of pyridine rings is 1. The molecule has 0 spiro atoms. The molecule has 42 heavy (non-hydrogen) atoms. The minimum atomic E-state index is -1.29. The molecule has 1 fully saturated rings. The average Bonchev–Trinajstić information content (AvgIpc) is 3.37. The second-order valence-corrected chi connectivity index (χ2v) is 9.97. The number of anilines is 3. The lowest BCUT2D eigenvalue weighted by atomic mass is 10.0. The van der Waals surface area contributed by atoms with E-state index in [4.69, 9.17) is 9.72 Å². The van der Waals surface area contributed by atoms with Crippen LogP contribution in [0.2, 0.25) is 0 Å². The Morgan fingerprint density at radius 3 is 2.83 bits per heavy atom. The number of alkyl halides is 1. The van der Waals surface area contributed by atoms with Crippen LogP contribution in [-0.4, -0.2) is 61.2 Å². The number of aryl methyl sites for hydroxylation is 1. The van der Waals surface area contributed by atoms with Gasteiger partial charge in [-0.15, -0.1) is 5.10 Å². The molecular weight excluding hydrogens is 544 g/mol. The van der Waals surface area contributed by atoms with Gasteiger partial charge in [0.25, 0.3) is 0 Å². The second-order valence-electron chi connectivity index (χ2n) is 9.97. The van der Waals surface area contributed by atoms with Crippen molar-refractivity contribution in [3.8, 4) is 11.5 Å². The van der Waals surface area contributed by atoms with Gasteiger partial charge in [-0.1, -0.05) is 11.8 Å². The van der Waals surface area contributed by atoms with Gasteiger partial charge in [-0.2, -0.15) is 0 Å². The number of carbonyl (C=O) groups excluding carboxylic acids is 1. The van der Waals surface area contributed by atoms with Crippen molar-refractivity contribution in [1.29, 1.82) is 0 Å². The number of halogens is 2. The first-order valence-electron chi connectivity index (χ1n) is 13.3. The lowest BCUT2D eigenvalue weighted by Gasteiger charge is -2.35. The Bertz CT molecular complexity index is 1830. The van der Waals surface area contributed by atoms with Gasteiger partial charge in [-0.25, -0.2) is 28.4 Å². The molecule has 0 radical (unpaired) electrons. The van der Waals surface area contributed by atoms with Gasteiger partial charge in [0, 0.05) is 25.2 Å². The van der Waals surface area contributed by atoms with Crippen LogP contribution in [0, 0.1) is 12.7 Å². The SMILES string of the molecule is C=CC(=O)NC1CCN(c2ccc3ncnc(Nc4ccc(Oc5ccc6c(c5)nnn6C)c(C)c4F)c3n2)C[C@@H]1F. The van der Waals surface area contributed by atoms with Crippen molar-refractivity contribution in [2.24, 2.45) is 7.05 Å². The number of ether oxygens (including phenoxy) is 1. The fraction of sp³-hybridized carbons (Fsp3) is 0.241. The topological polar surface area (TPSA) is 123 Å². The predicted octanol–water partition coefficient (Wildman–Crippen LogP) is 4.51. The van der Waals surface area contributed by atoms with E-state index in [0.29, 0.717) is 58.2 Å². The van der Waals surface area contributed by atoms with E-state index < -0.39 is 23.9 Å². The number of piperidine rings is 1. The van der Waals surface area contributed by atoms with Crippen LogP contribution in [0.1, 0.15) is 12.0 Å². The van der Waals surface area contributed by atoms with Crippen molar-refractivity contribution in [1.82, 2.24) is 35.3 Å². The molecule has 0 bridgehead atoms. The number of carbonyl (C=O) groups is 1. The third-order valence-corrected chi connectivity index (χ3v) is 7.25. The number of nitrogens with zero attached hydrogens (tertiary/aromatic N) is 7. The molecule has 1 saturated heterocycles. The number of benzene rings is 2. The first-order valence-corrected chi connectivity index (χ1v) is 13.3. The minimum absolute atomic E-state index is 0.0517. The summed E-state index contributed by atoms with van der Waals surface area (Å²) in [6, 6.07) is 11.5. The number of aromatic nitrogens is 6. The number of rotatable bonds is 7. The standard InChI is InChI=1S/C29H27F2N9O2/c1-4-26(41)34-19-11-12-40(14-18(19)30)25-10-7-21-28(36-25)29(33-15-32-21)35-20-6-9-24(16(2)27(20)31)42-17-5-8-23-22(13-17)37-38-39(23)3/h4-10,13,15,18-19H,1,11-12,14H2,2-3H3,(H,34,41)(H,32,33,35)/t18-,19?/m0/s1. The predicted molar refractivity (Wildman–Crippen MR) is 154 cm³/mol. The van der Waals surface area contributed by atoms with Gasteiger partial charge in [-0.3, -0.25) is 4.79 Å². The summed E-state index contributed by atoms with van der Waals surface area (Å²) in [5.41, 5.74) is 2.94. The third kappa shape index (κ3) is 5.16. The summed E-state index contributed by atoms with van der Waals surface area (Å²) in [6.45, 7) is 5.57. The van der Waals surface area contributed by atoms with E-state index in [1.807, 2.05) is 6.07 Å². The fourth-order valence-corrected chi connectivity index (χ4v) is 4.93. The highest BCUT2D eigenvalue weighted by Crippen LogP contribution is 2.34. The van der Waals surface area contributed by atoms with Gasteiger partial charge in [0.1, 0.15) is 40.8 Å². The van der Waals surface area contributed by atoms with Gasteiger partial charge in [0.05, 0.1) is 29.3 Å². The van der Waals surface area contributed by atoms with E-state index in [2.05, 4.69) is 37.5 Å². The van der Waals surface area contributed by atoms with Crippen LogP contribution in [-0.2, 0) is 11.8 Å². The Hall–Kier alpha value is -5.20. The zero-order chi connectivity index (χ0) is 29.4. The van der Waals surface area contributed by atoms with Crippen molar-refractivity contribution in [2.45, 2.75) is 25.6 Å². The van der Waals surface area contributed by atoms with Gasteiger partial charge in [0.2, 0.25) is 5.91 Å². The molecule has 214 valence electrons. The number of fused-ring (bicyclic) bond motifs is 2. The molecule has 5 aromatic rings. The maximum atomic E-state index is 15.6. The monoisotopic (exact) mass is 571 g/mol. The van der Waals surface area contributed by atoms with Gasteiger partial charge in [-0.05, 0) is 55.8 Å². The summed E-state index contributed by atoms with van der Waals surface area (Å²) in [4.78, 5) is 26.7. The average molecular weight is 572 g/mol. The van der Waals surface area contributed by atoms with E-state index in [9.17, 15) is 9.18 Å². The largest absolute Gasteiger partial charge is 0.457 e. The van der Waals surface area contributed by atoms with E-state index >= 15 is 4.39 Å². The van der Waals surface area contributed by atoms with Crippen LogP contribution < -0.4 is 20.3 Å². The molecule has 0 aliphatic carbocycles. The van der Waals surface area contributed by atoms with Crippen LogP contribution in [0.5, 0.6) is 11.5 Å². The summed E-state index contributed by atoms with van der Waals surface area (Å²) in [5, 5.41) is 13.7. The highest BCUT2D eigenvalue weighted by atomic mass is 19.1. The van der Waals surface area contributed by atoms with Crippen molar-refractivity contribution in [3.63, 3.8) is 0 Å². The van der Waals surface area contributed by atoms with Crippen LogP contribution in [0.15, 0.2) is 61.4 Å². The summed E-state index contributed by atoms with van der Waals surface area (Å²) in [6.07, 6.45) is 1.61.